The van der Waals surface area contributed by atoms with Crippen LogP contribution in [0, 0.1) is 5.82 Å². The first-order valence-electron chi connectivity index (χ1n) is 9.16. The molecule has 0 unspecified atom stereocenters. The van der Waals surface area contributed by atoms with Crippen LogP contribution in [0.2, 0.25) is 0 Å². The SMILES string of the molecule is C[C@@H](OC(=O)CN1C(=O)N[C@](C)(c2ccccc2)C1=O)C(=O)Nc1ccc(F)cc1. The zero-order valence-electron chi connectivity index (χ0n) is 16.3. The zero-order valence-corrected chi connectivity index (χ0v) is 16.3. The summed E-state index contributed by atoms with van der Waals surface area (Å²) in [5, 5.41) is 5.06. The lowest BCUT2D eigenvalue weighted by molar-refractivity contribution is -0.155. The van der Waals surface area contributed by atoms with E-state index in [1.165, 1.54) is 31.2 Å². The van der Waals surface area contributed by atoms with E-state index in [4.69, 9.17) is 4.74 Å². The van der Waals surface area contributed by atoms with Crippen molar-refractivity contribution < 1.29 is 28.3 Å². The second-order valence-electron chi connectivity index (χ2n) is 6.94. The Morgan fingerprint density at radius 2 is 1.77 bits per heavy atom. The van der Waals surface area contributed by atoms with E-state index >= 15 is 0 Å². The monoisotopic (exact) mass is 413 g/mol. The van der Waals surface area contributed by atoms with Gasteiger partial charge in [0.15, 0.2) is 6.10 Å². The van der Waals surface area contributed by atoms with Crippen LogP contribution in [0.1, 0.15) is 19.4 Å². The standard InChI is InChI=1S/C21H20FN3O5/c1-13(18(27)23-16-10-8-15(22)9-11-16)30-17(26)12-25-19(28)21(2,24-20(25)29)14-6-4-3-5-7-14/h3-11,13H,12H2,1-2H3,(H,23,27)(H,24,29)/t13-,21-/m1/s1. The Morgan fingerprint density at radius 1 is 1.13 bits per heavy atom. The van der Waals surface area contributed by atoms with Crippen molar-refractivity contribution in [3.05, 3.63) is 66.0 Å². The number of urea groups is 1. The van der Waals surface area contributed by atoms with Gasteiger partial charge in [0.25, 0.3) is 11.8 Å². The summed E-state index contributed by atoms with van der Waals surface area (Å²) < 4.78 is 18.0. The number of ether oxygens (including phenoxy) is 1. The molecule has 4 amide bonds. The average Bonchev–Trinajstić information content (AvgIpc) is 2.94. The molecule has 2 aromatic rings. The molecule has 1 aliphatic rings. The van der Waals surface area contributed by atoms with Crippen molar-refractivity contribution in [2.24, 2.45) is 0 Å². The summed E-state index contributed by atoms with van der Waals surface area (Å²) in [7, 11) is 0. The molecule has 8 nitrogen and oxygen atoms in total. The topological polar surface area (TPSA) is 105 Å². The molecule has 0 radical (unpaired) electrons. The van der Waals surface area contributed by atoms with Gasteiger partial charge in [-0.25, -0.2) is 9.18 Å². The predicted molar refractivity (Wildman–Crippen MR) is 105 cm³/mol. The van der Waals surface area contributed by atoms with Crippen molar-refractivity contribution in [2.75, 3.05) is 11.9 Å². The molecule has 3 rings (SSSR count). The minimum Gasteiger partial charge on any atom is -0.451 e. The lowest BCUT2D eigenvalue weighted by atomic mass is 9.92. The highest BCUT2D eigenvalue weighted by Gasteiger charge is 2.49. The van der Waals surface area contributed by atoms with Crippen LogP contribution in [0.15, 0.2) is 54.6 Å². The van der Waals surface area contributed by atoms with E-state index in [1.807, 2.05) is 0 Å². The smallest absolute Gasteiger partial charge is 0.327 e. The van der Waals surface area contributed by atoms with E-state index in [0.29, 0.717) is 11.3 Å². The number of benzene rings is 2. The Hall–Kier alpha value is -3.75. The zero-order chi connectivity index (χ0) is 21.9. The quantitative estimate of drug-likeness (QED) is 0.558. The number of esters is 1. The fourth-order valence-electron chi connectivity index (χ4n) is 3.00. The predicted octanol–water partition coefficient (Wildman–Crippen LogP) is 2.16. The molecule has 1 fully saturated rings. The summed E-state index contributed by atoms with van der Waals surface area (Å²) in [6, 6.07) is 13.0. The molecule has 1 saturated heterocycles. The average molecular weight is 413 g/mol. The van der Waals surface area contributed by atoms with Crippen LogP contribution in [-0.2, 0) is 24.7 Å². The maximum absolute atomic E-state index is 12.9. The lowest BCUT2D eigenvalue weighted by Gasteiger charge is -2.22. The van der Waals surface area contributed by atoms with Gasteiger partial charge in [-0.1, -0.05) is 30.3 Å². The molecule has 0 aliphatic carbocycles. The van der Waals surface area contributed by atoms with Gasteiger partial charge in [0, 0.05) is 5.69 Å². The number of nitrogens with zero attached hydrogens (tertiary/aromatic N) is 1. The summed E-state index contributed by atoms with van der Waals surface area (Å²) in [4.78, 5) is 50.2. The fraction of sp³-hybridized carbons (Fsp3) is 0.238. The minimum absolute atomic E-state index is 0.331. The molecule has 2 N–H and O–H groups in total. The molecule has 156 valence electrons. The van der Waals surface area contributed by atoms with Gasteiger partial charge in [0.05, 0.1) is 0 Å². The van der Waals surface area contributed by atoms with E-state index < -0.39 is 47.8 Å². The summed E-state index contributed by atoms with van der Waals surface area (Å²) in [6.07, 6.45) is -1.19. The molecule has 30 heavy (non-hydrogen) atoms. The highest BCUT2D eigenvalue weighted by Crippen LogP contribution is 2.28. The van der Waals surface area contributed by atoms with Crippen molar-refractivity contribution in [1.29, 1.82) is 0 Å². The van der Waals surface area contributed by atoms with Crippen LogP contribution < -0.4 is 10.6 Å². The van der Waals surface area contributed by atoms with Crippen molar-refractivity contribution in [1.82, 2.24) is 10.2 Å². The molecule has 1 aliphatic heterocycles. The molecule has 0 aromatic heterocycles. The third kappa shape index (κ3) is 4.29. The fourth-order valence-corrected chi connectivity index (χ4v) is 3.00. The second kappa shape index (κ2) is 8.32. The Labute approximate surface area is 172 Å². The van der Waals surface area contributed by atoms with E-state index in [0.717, 1.165) is 4.90 Å². The van der Waals surface area contributed by atoms with Crippen molar-refractivity contribution in [3.8, 4) is 0 Å². The number of nitrogens with one attached hydrogen (secondary N) is 2. The van der Waals surface area contributed by atoms with E-state index in [-0.39, 0.29) is 0 Å². The highest BCUT2D eigenvalue weighted by atomic mass is 19.1. The first kappa shape index (κ1) is 21.0. The van der Waals surface area contributed by atoms with E-state index in [2.05, 4.69) is 10.6 Å². The Kier molecular flexibility index (Phi) is 5.81. The number of hydrogen-bond acceptors (Lipinski definition) is 5. The van der Waals surface area contributed by atoms with Crippen LogP contribution in [0.25, 0.3) is 0 Å². The normalized spacial score (nSPS) is 19.2. The molecule has 0 bridgehead atoms. The minimum atomic E-state index is -1.30. The molecular weight excluding hydrogens is 393 g/mol. The maximum Gasteiger partial charge on any atom is 0.327 e. The number of amides is 4. The van der Waals surface area contributed by atoms with Gasteiger partial charge in [-0.15, -0.1) is 0 Å². The molecular formula is C21H20FN3O5. The number of halogens is 1. The highest BCUT2D eigenvalue weighted by molar-refractivity contribution is 6.09. The number of hydrogen-bond donors (Lipinski definition) is 2. The van der Waals surface area contributed by atoms with Gasteiger partial charge in [-0.05, 0) is 43.7 Å². The van der Waals surface area contributed by atoms with Crippen LogP contribution in [0.3, 0.4) is 0 Å². The van der Waals surface area contributed by atoms with Crippen LogP contribution in [0.5, 0.6) is 0 Å². The Bertz CT molecular complexity index is 980. The van der Waals surface area contributed by atoms with Gasteiger partial charge in [-0.2, -0.15) is 0 Å². The second-order valence-corrected chi connectivity index (χ2v) is 6.94. The van der Waals surface area contributed by atoms with Crippen molar-refractivity contribution >= 4 is 29.5 Å². The first-order chi connectivity index (χ1) is 14.2. The Morgan fingerprint density at radius 3 is 2.40 bits per heavy atom. The molecule has 0 spiro atoms. The number of carbonyl (C=O) groups excluding carboxylic acids is 4. The third-order valence-corrected chi connectivity index (χ3v) is 4.70. The Balaban J connectivity index is 1.60. The van der Waals surface area contributed by atoms with Crippen molar-refractivity contribution in [3.63, 3.8) is 0 Å². The summed E-state index contributed by atoms with van der Waals surface area (Å²) in [6.45, 7) is 2.25. The summed E-state index contributed by atoms with van der Waals surface area (Å²) in [5.41, 5.74) is -0.396. The van der Waals surface area contributed by atoms with Gasteiger partial charge < -0.3 is 15.4 Å². The van der Waals surface area contributed by atoms with E-state index in [1.54, 1.807) is 37.3 Å². The number of imide groups is 1. The molecule has 9 heteroatoms. The van der Waals surface area contributed by atoms with Crippen LogP contribution in [-0.4, -0.2) is 41.4 Å². The number of rotatable bonds is 6. The molecule has 2 aromatic carbocycles. The largest absolute Gasteiger partial charge is 0.451 e. The first-order valence-corrected chi connectivity index (χ1v) is 9.16. The van der Waals surface area contributed by atoms with Gasteiger partial charge >= 0.3 is 12.0 Å². The number of carbonyl (C=O) groups is 4. The summed E-state index contributed by atoms with van der Waals surface area (Å²) in [5.74, 6) is -2.61. The third-order valence-electron chi connectivity index (χ3n) is 4.70. The van der Waals surface area contributed by atoms with Gasteiger partial charge in [0.2, 0.25) is 0 Å². The van der Waals surface area contributed by atoms with Crippen LogP contribution in [0.4, 0.5) is 14.9 Å². The van der Waals surface area contributed by atoms with Gasteiger partial charge in [0.1, 0.15) is 17.9 Å². The van der Waals surface area contributed by atoms with E-state index in [9.17, 15) is 23.6 Å². The molecule has 1 heterocycles. The lowest BCUT2D eigenvalue weighted by Crippen LogP contribution is -2.42. The number of anilines is 1. The van der Waals surface area contributed by atoms with Crippen molar-refractivity contribution in [2.45, 2.75) is 25.5 Å². The molecule has 2 atom stereocenters. The van der Waals surface area contributed by atoms with Gasteiger partial charge in [-0.3, -0.25) is 19.3 Å². The maximum atomic E-state index is 12.9. The summed E-state index contributed by atoms with van der Waals surface area (Å²) >= 11 is 0. The molecule has 0 saturated carbocycles. The van der Waals surface area contributed by atoms with Crippen LogP contribution >= 0.6 is 0 Å².